The molecular weight excluding hydrogens is 162 g/mol. The third kappa shape index (κ3) is 3.90. The molecule has 0 aromatic carbocycles. The summed E-state index contributed by atoms with van der Waals surface area (Å²) in [6.07, 6.45) is 2.45. The number of carbonyl (C=O) groups excluding carboxylic acids is 1. The van der Waals surface area contributed by atoms with Crippen molar-refractivity contribution in [2.24, 2.45) is 16.6 Å². The van der Waals surface area contributed by atoms with Crippen molar-refractivity contribution in [3.8, 4) is 0 Å². The topological polar surface area (TPSA) is 43.1 Å². The predicted molar refractivity (Wildman–Crippen MR) is 56.5 cm³/mol. The minimum atomic E-state index is 0.0408. The first-order chi connectivity index (χ1) is 5.72. The van der Waals surface area contributed by atoms with Gasteiger partial charge in [-0.05, 0) is 17.3 Å². The average molecular weight is 185 g/mol. The van der Waals surface area contributed by atoms with Gasteiger partial charge in [-0.2, -0.15) is 0 Å². The number of rotatable bonds is 4. The molecule has 0 aliphatic heterocycles. The molecule has 0 aliphatic carbocycles. The molecule has 0 aromatic heterocycles. The van der Waals surface area contributed by atoms with Gasteiger partial charge in [0.2, 0.25) is 0 Å². The van der Waals surface area contributed by atoms with Gasteiger partial charge in [-0.1, -0.05) is 34.6 Å². The Labute approximate surface area is 81.9 Å². The van der Waals surface area contributed by atoms with E-state index in [0.29, 0.717) is 6.42 Å². The Balaban J connectivity index is 4.34. The normalized spacial score (nSPS) is 15.5. The van der Waals surface area contributed by atoms with E-state index in [9.17, 15) is 4.79 Å². The van der Waals surface area contributed by atoms with Gasteiger partial charge in [0.1, 0.15) is 6.29 Å². The maximum Gasteiger partial charge on any atom is 0.120 e. The lowest BCUT2D eigenvalue weighted by molar-refractivity contribution is -0.108. The van der Waals surface area contributed by atoms with Gasteiger partial charge in [0.15, 0.2) is 0 Å². The third-order valence-electron chi connectivity index (χ3n) is 2.68. The summed E-state index contributed by atoms with van der Waals surface area (Å²) in [7, 11) is 0. The van der Waals surface area contributed by atoms with Crippen molar-refractivity contribution in [2.75, 3.05) is 0 Å². The Morgan fingerprint density at radius 1 is 1.23 bits per heavy atom. The SMILES string of the molecule is CC(C)(C)C(N)C(C)(C)CCC=O. The quantitative estimate of drug-likeness (QED) is 0.683. The number of hydrogen-bond acceptors (Lipinski definition) is 2. The molecule has 0 aromatic rings. The summed E-state index contributed by atoms with van der Waals surface area (Å²) in [5, 5.41) is 0. The van der Waals surface area contributed by atoms with Crippen LogP contribution in [0.4, 0.5) is 0 Å². The molecule has 0 aliphatic rings. The van der Waals surface area contributed by atoms with Crippen molar-refractivity contribution < 1.29 is 4.79 Å². The van der Waals surface area contributed by atoms with Crippen molar-refractivity contribution in [3.63, 3.8) is 0 Å². The lowest BCUT2D eigenvalue weighted by atomic mass is 9.69. The molecule has 2 heteroatoms. The standard InChI is InChI=1S/C11H23NO/c1-10(2,3)9(12)11(4,5)7-6-8-13/h8-9H,6-7,12H2,1-5H3. The predicted octanol–water partition coefficient (Wildman–Crippen LogP) is 2.37. The highest BCUT2D eigenvalue weighted by molar-refractivity contribution is 5.49. The van der Waals surface area contributed by atoms with E-state index in [1.54, 1.807) is 0 Å². The molecule has 0 amide bonds. The largest absolute Gasteiger partial charge is 0.327 e. The highest BCUT2D eigenvalue weighted by Crippen LogP contribution is 2.35. The summed E-state index contributed by atoms with van der Waals surface area (Å²) in [4.78, 5) is 10.3. The van der Waals surface area contributed by atoms with Crippen LogP contribution in [-0.4, -0.2) is 12.3 Å². The number of nitrogens with two attached hydrogens (primary N) is 1. The van der Waals surface area contributed by atoms with Crippen LogP contribution in [0, 0.1) is 10.8 Å². The Kier molecular flexibility index (Phi) is 4.11. The van der Waals surface area contributed by atoms with E-state index in [4.69, 9.17) is 5.73 Å². The highest BCUT2D eigenvalue weighted by atomic mass is 16.1. The number of carbonyl (C=O) groups is 1. The minimum absolute atomic E-state index is 0.0408. The summed E-state index contributed by atoms with van der Waals surface area (Å²) in [6, 6.07) is 0.125. The van der Waals surface area contributed by atoms with Crippen LogP contribution < -0.4 is 5.73 Å². The Hall–Kier alpha value is -0.370. The summed E-state index contributed by atoms with van der Waals surface area (Å²) >= 11 is 0. The van der Waals surface area contributed by atoms with Crippen LogP contribution >= 0.6 is 0 Å². The van der Waals surface area contributed by atoms with Crippen molar-refractivity contribution in [3.05, 3.63) is 0 Å². The molecule has 1 atom stereocenters. The molecule has 0 radical (unpaired) electrons. The van der Waals surface area contributed by atoms with Crippen molar-refractivity contribution in [1.82, 2.24) is 0 Å². The van der Waals surface area contributed by atoms with Gasteiger partial charge >= 0.3 is 0 Å². The highest BCUT2D eigenvalue weighted by Gasteiger charge is 2.34. The number of hydrogen-bond donors (Lipinski definition) is 1. The second-order valence-electron chi connectivity index (χ2n) is 5.54. The van der Waals surface area contributed by atoms with Crippen LogP contribution in [0.15, 0.2) is 0 Å². The second kappa shape index (κ2) is 4.23. The van der Waals surface area contributed by atoms with Crippen LogP contribution in [0.25, 0.3) is 0 Å². The molecule has 0 bridgehead atoms. The lowest BCUT2D eigenvalue weighted by Gasteiger charge is -2.40. The Bertz CT molecular complexity index is 167. The maximum absolute atomic E-state index is 10.3. The van der Waals surface area contributed by atoms with Crippen molar-refractivity contribution in [1.29, 1.82) is 0 Å². The van der Waals surface area contributed by atoms with E-state index in [2.05, 4.69) is 34.6 Å². The molecule has 0 heterocycles. The molecule has 78 valence electrons. The molecule has 1 unspecified atom stereocenters. The van der Waals surface area contributed by atoms with E-state index in [1.807, 2.05) is 0 Å². The summed E-state index contributed by atoms with van der Waals surface area (Å²) < 4.78 is 0. The van der Waals surface area contributed by atoms with E-state index in [1.165, 1.54) is 0 Å². The van der Waals surface area contributed by atoms with Gasteiger partial charge in [0, 0.05) is 12.5 Å². The van der Waals surface area contributed by atoms with Gasteiger partial charge in [0.05, 0.1) is 0 Å². The summed E-state index contributed by atoms with van der Waals surface area (Å²) in [5.41, 5.74) is 6.30. The lowest BCUT2D eigenvalue weighted by Crippen LogP contribution is -2.47. The van der Waals surface area contributed by atoms with Crippen LogP contribution in [0.2, 0.25) is 0 Å². The van der Waals surface area contributed by atoms with E-state index < -0.39 is 0 Å². The van der Waals surface area contributed by atoms with Crippen LogP contribution in [0.5, 0.6) is 0 Å². The van der Waals surface area contributed by atoms with E-state index in [0.717, 1.165) is 12.7 Å². The average Bonchev–Trinajstić information content (AvgIpc) is 1.98. The zero-order valence-corrected chi connectivity index (χ0v) is 9.55. The molecule has 2 N–H and O–H groups in total. The molecule has 0 spiro atoms. The van der Waals surface area contributed by atoms with E-state index >= 15 is 0 Å². The van der Waals surface area contributed by atoms with Gasteiger partial charge < -0.3 is 10.5 Å². The van der Waals surface area contributed by atoms with Crippen molar-refractivity contribution >= 4 is 6.29 Å². The Morgan fingerprint density at radius 2 is 1.69 bits per heavy atom. The third-order valence-corrected chi connectivity index (χ3v) is 2.68. The van der Waals surface area contributed by atoms with Crippen LogP contribution in [0.1, 0.15) is 47.5 Å². The molecule has 0 fully saturated rings. The minimum Gasteiger partial charge on any atom is -0.327 e. The van der Waals surface area contributed by atoms with Gasteiger partial charge in [0.25, 0.3) is 0 Å². The maximum atomic E-state index is 10.3. The van der Waals surface area contributed by atoms with Gasteiger partial charge in [-0.25, -0.2) is 0 Å². The van der Waals surface area contributed by atoms with Gasteiger partial charge in [-0.15, -0.1) is 0 Å². The first-order valence-electron chi connectivity index (χ1n) is 4.91. The fraction of sp³-hybridized carbons (Fsp3) is 0.909. The zero-order chi connectivity index (χ0) is 10.7. The second-order valence-corrected chi connectivity index (χ2v) is 5.54. The van der Waals surface area contributed by atoms with Gasteiger partial charge in [-0.3, -0.25) is 0 Å². The van der Waals surface area contributed by atoms with Crippen LogP contribution in [0.3, 0.4) is 0 Å². The molecule has 13 heavy (non-hydrogen) atoms. The molecule has 2 nitrogen and oxygen atoms in total. The molecule has 0 saturated heterocycles. The fourth-order valence-electron chi connectivity index (χ4n) is 1.76. The zero-order valence-electron chi connectivity index (χ0n) is 9.55. The number of aldehydes is 1. The summed E-state index contributed by atoms with van der Waals surface area (Å²) in [6.45, 7) is 10.7. The first-order valence-corrected chi connectivity index (χ1v) is 4.91. The van der Waals surface area contributed by atoms with Crippen molar-refractivity contribution in [2.45, 2.75) is 53.5 Å². The molecule has 0 rings (SSSR count). The summed E-state index contributed by atoms with van der Waals surface area (Å²) in [5.74, 6) is 0. The monoisotopic (exact) mass is 185 g/mol. The fourth-order valence-corrected chi connectivity index (χ4v) is 1.76. The first kappa shape index (κ1) is 12.6. The molecule has 0 saturated carbocycles. The smallest absolute Gasteiger partial charge is 0.120 e. The van der Waals surface area contributed by atoms with E-state index in [-0.39, 0.29) is 16.9 Å². The Morgan fingerprint density at radius 3 is 2.00 bits per heavy atom. The molecular formula is C11H23NO. The van der Waals surface area contributed by atoms with Crippen LogP contribution in [-0.2, 0) is 4.79 Å².